The molecule has 0 atom stereocenters. The number of hydrazine groups is 1. The first-order chi connectivity index (χ1) is 13.0. The average Bonchev–Trinajstić information content (AvgIpc) is 3.13. The van der Waals surface area contributed by atoms with Crippen LogP contribution in [-0.4, -0.2) is 32.8 Å². The molecule has 0 saturated carbocycles. The topological polar surface area (TPSA) is 119 Å². The van der Waals surface area contributed by atoms with E-state index in [1.807, 2.05) is 19.9 Å². The van der Waals surface area contributed by atoms with Gasteiger partial charge in [0.1, 0.15) is 11.6 Å². The Balaban J connectivity index is 0.00000126. The van der Waals surface area contributed by atoms with Crippen molar-refractivity contribution in [2.75, 3.05) is 11.9 Å². The number of hydrogen-bond donors (Lipinski definition) is 5. The lowest BCUT2D eigenvalue weighted by atomic mass is 10.1. The second-order valence-corrected chi connectivity index (χ2v) is 5.86. The van der Waals surface area contributed by atoms with E-state index in [1.165, 1.54) is 17.3 Å². The third-order valence-corrected chi connectivity index (χ3v) is 3.96. The third-order valence-electron chi connectivity index (χ3n) is 3.72. The molecule has 0 unspecified atom stereocenters. The minimum absolute atomic E-state index is 0.0199. The lowest BCUT2D eigenvalue weighted by Gasteiger charge is -2.24. The summed E-state index contributed by atoms with van der Waals surface area (Å²) < 4.78 is 0. The van der Waals surface area contributed by atoms with Gasteiger partial charge >= 0.3 is 0 Å². The number of carbonyl (C=O) groups is 1. The molecule has 0 fully saturated rings. The van der Waals surface area contributed by atoms with Crippen LogP contribution in [0, 0.1) is 0 Å². The molecule has 0 aliphatic carbocycles. The van der Waals surface area contributed by atoms with Gasteiger partial charge in [-0.15, -0.1) is 0 Å². The molecule has 0 spiro atoms. The van der Waals surface area contributed by atoms with Crippen molar-refractivity contribution >= 4 is 23.2 Å². The average molecular weight is 391 g/mol. The maximum absolute atomic E-state index is 12.5. The molecular formula is C18H23ClN6O2. The Morgan fingerprint density at radius 3 is 2.85 bits per heavy atom. The Kier molecular flexibility index (Phi) is 6.86. The first-order valence-electron chi connectivity index (χ1n) is 8.46. The first-order valence-corrected chi connectivity index (χ1v) is 8.84. The maximum Gasteiger partial charge on any atom is 0.255 e. The van der Waals surface area contributed by atoms with Gasteiger partial charge in [-0.3, -0.25) is 14.9 Å². The second-order valence-electron chi connectivity index (χ2n) is 5.42. The van der Waals surface area contributed by atoms with Gasteiger partial charge in [0.15, 0.2) is 0 Å². The highest BCUT2D eigenvalue weighted by atomic mass is 35.5. The predicted molar refractivity (Wildman–Crippen MR) is 107 cm³/mol. The van der Waals surface area contributed by atoms with Crippen LogP contribution >= 0.6 is 11.6 Å². The van der Waals surface area contributed by atoms with Crippen LogP contribution in [0.5, 0.6) is 5.75 Å². The number of nitrogens with zero attached hydrogens (tertiary/aromatic N) is 2. The summed E-state index contributed by atoms with van der Waals surface area (Å²) in [5.74, 6) is 6.01. The highest BCUT2D eigenvalue weighted by molar-refractivity contribution is 6.31. The number of aromatic amines is 1. The Labute approximate surface area is 162 Å². The van der Waals surface area contributed by atoms with Crippen LogP contribution in [0.2, 0.25) is 5.02 Å². The number of nitrogens with one attached hydrogen (secondary N) is 3. The summed E-state index contributed by atoms with van der Waals surface area (Å²) in [6.07, 6.45) is 4.97. The normalized spacial score (nSPS) is 14.8. The van der Waals surface area contributed by atoms with Crippen LogP contribution in [0.25, 0.3) is 11.3 Å². The van der Waals surface area contributed by atoms with Crippen molar-refractivity contribution in [1.82, 2.24) is 20.5 Å². The Hall–Kier alpha value is -2.97. The smallest absolute Gasteiger partial charge is 0.255 e. The molecule has 1 aliphatic rings. The number of phenols is 1. The van der Waals surface area contributed by atoms with E-state index < -0.39 is 0 Å². The van der Waals surface area contributed by atoms with Crippen LogP contribution in [0.15, 0.2) is 48.1 Å². The van der Waals surface area contributed by atoms with Crippen molar-refractivity contribution < 1.29 is 9.90 Å². The van der Waals surface area contributed by atoms with Crippen LogP contribution in [-0.2, 0) is 4.79 Å². The van der Waals surface area contributed by atoms with Crippen LogP contribution < -0.4 is 16.5 Å². The number of H-pyrrole nitrogens is 1. The second kappa shape index (κ2) is 9.11. The number of rotatable bonds is 3. The van der Waals surface area contributed by atoms with E-state index in [0.29, 0.717) is 39.9 Å². The van der Waals surface area contributed by atoms with Gasteiger partial charge in [-0.2, -0.15) is 5.10 Å². The van der Waals surface area contributed by atoms with Crippen molar-refractivity contribution in [1.29, 1.82) is 0 Å². The highest BCUT2D eigenvalue weighted by Crippen LogP contribution is 2.34. The lowest BCUT2D eigenvalue weighted by Crippen LogP contribution is -2.39. The zero-order valence-electron chi connectivity index (χ0n) is 15.4. The molecule has 1 amide bonds. The van der Waals surface area contributed by atoms with Crippen molar-refractivity contribution in [3.63, 3.8) is 0 Å². The summed E-state index contributed by atoms with van der Waals surface area (Å²) in [4.78, 5) is 12.5. The molecule has 1 aromatic carbocycles. The van der Waals surface area contributed by atoms with Gasteiger partial charge in [0.25, 0.3) is 5.91 Å². The van der Waals surface area contributed by atoms with Crippen LogP contribution in [0.4, 0.5) is 5.69 Å². The largest absolute Gasteiger partial charge is 0.507 e. The van der Waals surface area contributed by atoms with Gasteiger partial charge in [-0.1, -0.05) is 25.4 Å². The summed E-state index contributed by atoms with van der Waals surface area (Å²) in [5.41, 5.74) is 1.71. The molecule has 0 radical (unpaired) electrons. The molecule has 9 heteroatoms. The summed E-state index contributed by atoms with van der Waals surface area (Å²) in [6, 6.07) is 4.63. The number of aromatic nitrogens is 2. The zero-order valence-corrected chi connectivity index (χ0v) is 16.1. The lowest BCUT2D eigenvalue weighted by molar-refractivity contribution is -0.113. The van der Waals surface area contributed by atoms with Gasteiger partial charge in [0, 0.05) is 23.3 Å². The molecule has 2 aromatic rings. The van der Waals surface area contributed by atoms with E-state index in [4.69, 9.17) is 17.4 Å². The fourth-order valence-corrected chi connectivity index (χ4v) is 2.60. The Morgan fingerprint density at radius 2 is 2.15 bits per heavy atom. The number of nitrogens with two attached hydrogens (primary N) is 1. The maximum atomic E-state index is 12.5. The van der Waals surface area contributed by atoms with Gasteiger partial charge < -0.3 is 15.7 Å². The number of halogens is 1. The summed E-state index contributed by atoms with van der Waals surface area (Å²) in [6.45, 7) is 6.24. The molecule has 0 bridgehead atoms. The highest BCUT2D eigenvalue weighted by Gasteiger charge is 2.19. The van der Waals surface area contributed by atoms with Gasteiger partial charge in [-0.25, -0.2) is 5.84 Å². The van der Waals surface area contributed by atoms with Gasteiger partial charge in [0.05, 0.1) is 23.2 Å². The number of benzene rings is 1. The molecule has 144 valence electrons. The van der Waals surface area contributed by atoms with Crippen molar-refractivity contribution in [2.45, 2.75) is 20.8 Å². The van der Waals surface area contributed by atoms with E-state index in [1.54, 1.807) is 25.3 Å². The van der Waals surface area contributed by atoms with E-state index in [0.717, 1.165) is 0 Å². The van der Waals surface area contributed by atoms with Crippen LogP contribution in [0.3, 0.4) is 0 Å². The number of hydrogen-bond acceptors (Lipinski definition) is 6. The standard InChI is InChI=1S/C16H17ClN6O2.C2H6/c1-9(15-19-5-2-6-23(15)18)16(25)21-12-8-20-22-14(12)11-7-10(17)3-4-13(11)24;1-2/h2-4,6-8,19,24H,5,18H2,1H3,(H,20,22)(H,21,25);1-2H3/b15-9+;. The van der Waals surface area contributed by atoms with Crippen molar-refractivity contribution in [2.24, 2.45) is 5.84 Å². The molecule has 6 N–H and O–H groups in total. The molecule has 27 heavy (non-hydrogen) atoms. The van der Waals surface area contributed by atoms with Crippen molar-refractivity contribution in [3.8, 4) is 17.0 Å². The number of aromatic hydroxyl groups is 1. The van der Waals surface area contributed by atoms with E-state index in [2.05, 4.69) is 20.8 Å². The molecule has 1 aromatic heterocycles. The van der Waals surface area contributed by atoms with Crippen molar-refractivity contribution in [3.05, 3.63) is 53.1 Å². The third kappa shape index (κ3) is 4.60. The van der Waals surface area contributed by atoms with Gasteiger partial charge in [-0.05, 0) is 31.2 Å². The van der Waals surface area contributed by atoms with Crippen LogP contribution in [0.1, 0.15) is 20.8 Å². The molecule has 1 aliphatic heterocycles. The van der Waals surface area contributed by atoms with Gasteiger partial charge in [0.2, 0.25) is 0 Å². The fraction of sp³-hybridized carbons (Fsp3) is 0.222. The van der Waals surface area contributed by atoms with E-state index >= 15 is 0 Å². The quantitative estimate of drug-likeness (QED) is 0.406. The minimum atomic E-state index is -0.350. The molecule has 8 nitrogen and oxygen atoms in total. The Bertz CT molecular complexity index is 874. The van der Waals surface area contributed by atoms with E-state index in [9.17, 15) is 9.90 Å². The van der Waals surface area contributed by atoms with E-state index in [-0.39, 0.29) is 11.7 Å². The molecular weight excluding hydrogens is 368 g/mol. The monoisotopic (exact) mass is 390 g/mol. The molecule has 0 saturated heterocycles. The SMILES string of the molecule is C/C(C(=O)Nc1cn[nH]c1-c1cc(Cl)ccc1O)=C1/NCC=CN1N.CC. The number of carbonyl (C=O) groups excluding carboxylic acids is 1. The fourth-order valence-electron chi connectivity index (χ4n) is 2.43. The predicted octanol–water partition coefficient (Wildman–Crippen LogP) is 2.92. The summed E-state index contributed by atoms with van der Waals surface area (Å²) in [7, 11) is 0. The zero-order chi connectivity index (χ0) is 20.0. The summed E-state index contributed by atoms with van der Waals surface area (Å²) >= 11 is 5.99. The Morgan fingerprint density at radius 1 is 1.41 bits per heavy atom. The molecule has 2 heterocycles. The number of anilines is 1. The minimum Gasteiger partial charge on any atom is -0.507 e. The summed E-state index contributed by atoms with van der Waals surface area (Å²) in [5, 5.41) is 24.3. The molecule has 3 rings (SSSR count). The number of phenolic OH excluding ortho intramolecular Hbond substituents is 1. The number of amides is 1. The first kappa shape index (κ1) is 20.3.